The molecule has 1 heterocycles. The quantitative estimate of drug-likeness (QED) is 0.706. The molecule has 1 saturated carbocycles. The molecule has 2 nitrogen and oxygen atoms in total. The lowest BCUT2D eigenvalue weighted by atomic mass is 10.2. The molecule has 2 aromatic rings. The number of rotatable bonds is 6. The van der Waals surface area contributed by atoms with Crippen molar-refractivity contribution in [2.45, 2.75) is 32.0 Å². The van der Waals surface area contributed by atoms with E-state index in [4.69, 9.17) is 4.74 Å². The lowest BCUT2D eigenvalue weighted by Gasteiger charge is -2.10. The maximum Gasteiger partial charge on any atom is 0.134 e. The van der Waals surface area contributed by atoms with E-state index in [-0.39, 0.29) is 0 Å². The van der Waals surface area contributed by atoms with Gasteiger partial charge in [-0.25, -0.2) is 0 Å². The number of benzene rings is 1. The summed E-state index contributed by atoms with van der Waals surface area (Å²) in [5, 5.41) is 5.58. The van der Waals surface area contributed by atoms with Gasteiger partial charge < -0.3 is 10.1 Å². The molecule has 1 aliphatic carbocycles. The van der Waals surface area contributed by atoms with E-state index in [1.807, 2.05) is 12.1 Å². The Kier molecular flexibility index (Phi) is 4.81. The van der Waals surface area contributed by atoms with Gasteiger partial charge in [-0.15, -0.1) is 11.3 Å². The third-order valence-corrected chi connectivity index (χ3v) is 5.74. The maximum absolute atomic E-state index is 5.87. The van der Waals surface area contributed by atoms with Gasteiger partial charge in [0.05, 0.1) is 9.35 Å². The fraction of sp³-hybridized carbons (Fsp3) is 0.333. The number of hydrogen-bond donors (Lipinski definition) is 1. The second kappa shape index (κ2) is 6.60. The molecule has 0 spiro atoms. The highest BCUT2D eigenvalue weighted by Gasteiger charge is 2.20. The minimum Gasteiger partial charge on any atom is -0.487 e. The lowest BCUT2D eigenvalue weighted by molar-refractivity contribution is 0.307. The van der Waals surface area contributed by atoms with Gasteiger partial charge in [-0.1, -0.05) is 6.07 Å². The van der Waals surface area contributed by atoms with E-state index in [1.165, 1.54) is 23.3 Å². The molecular weight excluding hydrogens is 402 g/mol. The molecule has 1 aromatic heterocycles. The summed E-state index contributed by atoms with van der Waals surface area (Å²) in [5.41, 5.74) is 1.29. The van der Waals surface area contributed by atoms with E-state index in [1.54, 1.807) is 11.3 Å². The van der Waals surface area contributed by atoms with Crippen LogP contribution in [-0.4, -0.2) is 6.04 Å². The highest BCUT2D eigenvalue weighted by molar-refractivity contribution is 9.10. The van der Waals surface area contributed by atoms with Crippen molar-refractivity contribution < 1.29 is 4.74 Å². The van der Waals surface area contributed by atoms with Gasteiger partial charge in [-0.05, 0) is 73.8 Å². The van der Waals surface area contributed by atoms with Crippen molar-refractivity contribution >= 4 is 43.2 Å². The summed E-state index contributed by atoms with van der Waals surface area (Å²) in [6, 6.07) is 9.08. The van der Waals surface area contributed by atoms with Crippen molar-refractivity contribution in [3.05, 3.63) is 49.0 Å². The first-order valence-corrected chi connectivity index (χ1v) is 9.05. The molecule has 5 heteroatoms. The van der Waals surface area contributed by atoms with Crippen LogP contribution in [-0.2, 0) is 13.2 Å². The van der Waals surface area contributed by atoms with Gasteiger partial charge in [0.2, 0.25) is 0 Å². The zero-order valence-electron chi connectivity index (χ0n) is 10.9. The molecule has 0 saturated heterocycles. The van der Waals surface area contributed by atoms with Gasteiger partial charge in [0, 0.05) is 17.1 Å². The molecule has 1 aliphatic rings. The molecule has 0 radical (unpaired) electrons. The van der Waals surface area contributed by atoms with Crippen LogP contribution in [0.4, 0.5) is 0 Å². The zero-order chi connectivity index (χ0) is 13.9. The Morgan fingerprint density at radius 2 is 2.05 bits per heavy atom. The molecule has 0 unspecified atom stereocenters. The predicted octanol–water partition coefficient (Wildman–Crippen LogP) is 5.10. The molecule has 0 amide bonds. The van der Waals surface area contributed by atoms with Crippen LogP contribution >= 0.6 is 43.2 Å². The molecule has 0 aliphatic heterocycles. The van der Waals surface area contributed by atoms with E-state index in [0.29, 0.717) is 6.61 Å². The third kappa shape index (κ3) is 3.85. The second-order valence-corrected chi connectivity index (χ2v) is 7.61. The fourth-order valence-corrected chi connectivity index (χ4v) is 3.81. The van der Waals surface area contributed by atoms with Gasteiger partial charge in [-0.2, -0.15) is 0 Å². The van der Waals surface area contributed by atoms with Crippen molar-refractivity contribution in [1.29, 1.82) is 0 Å². The van der Waals surface area contributed by atoms with Crippen LogP contribution < -0.4 is 10.1 Å². The number of nitrogens with one attached hydrogen (secondary N) is 1. The van der Waals surface area contributed by atoms with Crippen LogP contribution in [0.5, 0.6) is 5.75 Å². The first-order valence-electron chi connectivity index (χ1n) is 6.59. The molecule has 106 valence electrons. The van der Waals surface area contributed by atoms with E-state index in [9.17, 15) is 0 Å². The number of hydrogen-bond acceptors (Lipinski definition) is 3. The van der Waals surface area contributed by atoms with Crippen LogP contribution in [0.15, 0.2) is 38.6 Å². The Balaban J connectivity index is 1.60. The molecule has 20 heavy (non-hydrogen) atoms. The molecule has 1 aromatic carbocycles. The van der Waals surface area contributed by atoms with Crippen LogP contribution in [0.2, 0.25) is 0 Å². The first kappa shape index (κ1) is 14.6. The summed E-state index contributed by atoms with van der Waals surface area (Å²) in [6.07, 6.45) is 2.64. The van der Waals surface area contributed by atoms with Crippen LogP contribution in [0.25, 0.3) is 0 Å². The van der Waals surface area contributed by atoms with Crippen molar-refractivity contribution in [3.63, 3.8) is 0 Å². The summed E-state index contributed by atoms with van der Waals surface area (Å²) < 4.78 is 8.00. The Morgan fingerprint density at radius 1 is 1.20 bits per heavy atom. The van der Waals surface area contributed by atoms with Crippen molar-refractivity contribution in [2.24, 2.45) is 0 Å². The van der Waals surface area contributed by atoms with E-state index in [0.717, 1.165) is 27.3 Å². The summed E-state index contributed by atoms with van der Waals surface area (Å²) in [5.74, 6) is 0.889. The zero-order valence-corrected chi connectivity index (χ0v) is 14.9. The highest BCUT2D eigenvalue weighted by Crippen LogP contribution is 2.29. The molecular formula is C15H15Br2NOS. The van der Waals surface area contributed by atoms with Gasteiger partial charge in [-0.3, -0.25) is 0 Å². The van der Waals surface area contributed by atoms with E-state index < -0.39 is 0 Å². The summed E-state index contributed by atoms with van der Waals surface area (Å²) in [6.45, 7) is 1.52. The van der Waals surface area contributed by atoms with Gasteiger partial charge in [0.25, 0.3) is 0 Å². The molecule has 1 N–H and O–H groups in total. The lowest BCUT2D eigenvalue weighted by Crippen LogP contribution is -2.15. The van der Waals surface area contributed by atoms with Crippen molar-refractivity contribution in [3.8, 4) is 5.75 Å². The van der Waals surface area contributed by atoms with Gasteiger partial charge >= 0.3 is 0 Å². The molecule has 1 fully saturated rings. The number of ether oxygens (including phenoxy) is 1. The van der Waals surface area contributed by atoms with Crippen molar-refractivity contribution in [2.75, 3.05) is 0 Å². The van der Waals surface area contributed by atoms with Crippen LogP contribution in [0, 0.1) is 0 Å². The maximum atomic E-state index is 5.87. The summed E-state index contributed by atoms with van der Waals surface area (Å²) in [7, 11) is 0. The van der Waals surface area contributed by atoms with Gasteiger partial charge in [0.1, 0.15) is 12.4 Å². The summed E-state index contributed by atoms with van der Waals surface area (Å²) in [4.78, 5) is 1.20. The molecule has 0 atom stereocenters. The number of thiophene rings is 1. The van der Waals surface area contributed by atoms with Gasteiger partial charge in [0.15, 0.2) is 0 Å². The standard InChI is InChI=1S/C15H15Br2NOS/c16-12-5-6-20-15(12)9-19-14-4-1-10(7-13(14)17)8-18-11-2-3-11/h1,4-7,11,18H,2-3,8-9H2. The Bertz CT molecular complexity index is 595. The Labute approximate surface area is 139 Å². The monoisotopic (exact) mass is 415 g/mol. The predicted molar refractivity (Wildman–Crippen MR) is 90.4 cm³/mol. The highest BCUT2D eigenvalue weighted by atomic mass is 79.9. The summed E-state index contributed by atoms with van der Waals surface area (Å²) >= 11 is 8.81. The smallest absolute Gasteiger partial charge is 0.134 e. The topological polar surface area (TPSA) is 21.3 Å². The minimum absolute atomic E-state index is 0.594. The SMILES string of the molecule is Brc1cc(CNC2CC2)ccc1OCc1sccc1Br. The van der Waals surface area contributed by atoms with E-state index in [2.05, 4.69) is 54.7 Å². The molecule has 0 bridgehead atoms. The number of halogens is 2. The normalized spacial score (nSPS) is 14.5. The Hall–Kier alpha value is -0.360. The second-order valence-electron chi connectivity index (χ2n) is 4.90. The average molecular weight is 417 g/mol. The van der Waals surface area contributed by atoms with Crippen molar-refractivity contribution in [1.82, 2.24) is 5.32 Å². The van der Waals surface area contributed by atoms with Crippen LogP contribution in [0.3, 0.4) is 0 Å². The molecule has 3 rings (SSSR count). The largest absolute Gasteiger partial charge is 0.487 e. The van der Waals surface area contributed by atoms with E-state index >= 15 is 0 Å². The van der Waals surface area contributed by atoms with Crippen LogP contribution in [0.1, 0.15) is 23.3 Å². The Morgan fingerprint density at radius 3 is 2.70 bits per heavy atom. The first-order chi connectivity index (χ1) is 9.72. The minimum atomic E-state index is 0.594. The average Bonchev–Trinajstić information content (AvgIpc) is 3.18. The fourth-order valence-electron chi connectivity index (χ4n) is 1.89. The third-order valence-electron chi connectivity index (χ3n) is 3.22.